The van der Waals surface area contributed by atoms with Crippen LogP contribution >= 0.6 is 0 Å². The van der Waals surface area contributed by atoms with Crippen molar-refractivity contribution in [3.05, 3.63) is 64.7 Å². The summed E-state index contributed by atoms with van der Waals surface area (Å²) in [4.78, 5) is 31.1. The molecule has 0 aliphatic rings. The van der Waals surface area contributed by atoms with Gasteiger partial charge in [0, 0.05) is 0 Å². The van der Waals surface area contributed by atoms with Gasteiger partial charge in [0.1, 0.15) is 11.5 Å². The van der Waals surface area contributed by atoms with Gasteiger partial charge in [-0.25, -0.2) is 9.78 Å². The summed E-state index contributed by atoms with van der Waals surface area (Å²) in [5.41, 5.74) is 0.272. The molecule has 1 aromatic heterocycles. The number of nitrogens with one attached hydrogen (secondary N) is 1. The number of hydrogen-bond donors (Lipinski definition) is 1. The van der Waals surface area contributed by atoms with Crippen molar-refractivity contribution in [2.24, 2.45) is 0 Å². The van der Waals surface area contributed by atoms with E-state index in [1.54, 1.807) is 55.5 Å². The fourth-order valence-electron chi connectivity index (χ4n) is 2.53. The van der Waals surface area contributed by atoms with E-state index in [0.29, 0.717) is 23.3 Å². The molecule has 140 valence electrons. The van der Waals surface area contributed by atoms with Crippen molar-refractivity contribution in [2.45, 2.75) is 20.0 Å². The van der Waals surface area contributed by atoms with Crippen molar-refractivity contribution >= 4 is 16.9 Å². The quantitative estimate of drug-likeness (QED) is 0.645. The fourth-order valence-corrected chi connectivity index (χ4v) is 2.53. The van der Waals surface area contributed by atoms with E-state index in [1.807, 2.05) is 6.92 Å². The van der Waals surface area contributed by atoms with E-state index in [-0.39, 0.29) is 18.0 Å². The SMILES string of the molecule is CCOc1ccc(OCC(=O)O[C@@H](C)c2nc3ccccc3c(=O)[nH]2)cc1. The third-order valence-corrected chi connectivity index (χ3v) is 3.82. The van der Waals surface area contributed by atoms with E-state index < -0.39 is 12.1 Å². The Balaban J connectivity index is 1.59. The van der Waals surface area contributed by atoms with Crippen LogP contribution in [0.2, 0.25) is 0 Å². The second-order valence-electron chi connectivity index (χ2n) is 5.79. The first-order valence-electron chi connectivity index (χ1n) is 8.61. The highest BCUT2D eigenvalue weighted by atomic mass is 16.6. The molecular weight excluding hydrogens is 348 g/mol. The molecule has 0 amide bonds. The Morgan fingerprint density at radius 1 is 1.07 bits per heavy atom. The van der Waals surface area contributed by atoms with Crippen molar-refractivity contribution in [2.75, 3.05) is 13.2 Å². The molecule has 2 aromatic carbocycles. The van der Waals surface area contributed by atoms with Gasteiger partial charge in [-0.2, -0.15) is 0 Å². The molecule has 1 atom stereocenters. The van der Waals surface area contributed by atoms with Crippen LogP contribution in [0, 0.1) is 0 Å². The van der Waals surface area contributed by atoms with E-state index in [2.05, 4.69) is 9.97 Å². The van der Waals surface area contributed by atoms with E-state index >= 15 is 0 Å². The molecular formula is C20H20N2O5. The highest BCUT2D eigenvalue weighted by Gasteiger charge is 2.16. The Kier molecular flexibility index (Phi) is 5.71. The molecule has 1 N–H and O–H groups in total. The van der Waals surface area contributed by atoms with Crippen LogP contribution in [0.15, 0.2) is 53.3 Å². The number of para-hydroxylation sites is 1. The van der Waals surface area contributed by atoms with Crippen LogP contribution in [0.1, 0.15) is 25.8 Å². The Morgan fingerprint density at radius 2 is 1.74 bits per heavy atom. The maximum atomic E-state index is 12.1. The van der Waals surface area contributed by atoms with Crippen LogP contribution in [-0.2, 0) is 9.53 Å². The Morgan fingerprint density at radius 3 is 2.44 bits per heavy atom. The van der Waals surface area contributed by atoms with Crippen molar-refractivity contribution in [1.29, 1.82) is 0 Å². The number of ether oxygens (including phenoxy) is 3. The minimum atomic E-state index is -0.710. The number of nitrogens with zero attached hydrogens (tertiary/aromatic N) is 1. The highest BCUT2D eigenvalue weighted by Crippen LogP contribution is 2.18. The molecule has 0 bridgehead atoms. The summed E-state index contributed by atoms with van der Waals surface area (Å²) in [5.74, 6) is 0.980. The molecule has 0 unspecified atom stereocenters. The van der Waals surface area contributed by atoms with Crippen LogP contribution in [0.5, 0.6) is 11.5 Å². The Labute approximate surface area is 155 Å². The number of aromatic nitrogens is 2. The van der Waals surface area contributed by atoms with Gasteiger partial charge in [-0.15, -0.1) is 0 Å². The lowest BCUT2D eigenvalue weighted by molar-refractivity contribution is -0.151. The molecule has 0 fully saturated rings. The van der Waals surface area contributed by atoms with Gasteiger partial charge < -0.3 is 19.2 Å². The van der Waals surface area contributed by atoms with E-state index in [4.69, 9.17) is 14.2 Å². The Hall–Kier alpha value is -3.35. The van der Waals surface area contributed by atoms with E-state index in [1.165, 1.54) is 0 Å². The minimum Gasteiger partial charge on any atom is -0.494 e. The Bertz CT molecular complexity index is 982. The predicted molar refractivity (Wildman–Crippen MR) is 100.0 cm³/mol. The lowest BCUT2D eigenvalue weighted by Crippen LogP contribution is -2.20. The fraction of sp³-hybridized carbons (Fsp3) is 0.250. The number of aromatic amines is 1. The molecule has 7 heteroatoms. The molecule has 0 aliphatic heterocycles. The number of fused-ring (bicyclic) bond motifs is 1. The first-order valence-corrected chi connectivity index (χ1v) is 8.61. The largest absolute Gasteiger partial charge is 0.494 e. The molecule has 0 aliphatic carbocycles. The van der Waals surface area contributed by atoms with Crippen LogP contribution in [0.4, 0.5) is 0 Å². The van der Waals surface area contributed by atoms with Crippen molar-refractivity contribution in [1.82, 2.24) is 9.97 Å². The van der Waals surface area contributed by atoms with Crippen LogP contribution in [0.25, 0.3) is 10.9 Å². The van der Waals surface area contributed by atoms with Gasteiger partial charge in [0.25, 0.3) is 5.56 Å². The number of carbonyl (C=O) groups is 1. The topological polar surface area (TPSA) is 90.5 Å². The summed E-state index contributed by atoms with van der Waals surface area (Å²) < 4.78 is 16.1. The second-order valence-corrected chi connectivity index (χ2v) is 5.79. The van der Waals surface area contributed by atoms with Crippen molar-refractivity contribution in [3.8, 4) is 11.5 Å². The molecule has 7 nitrogen and oxygen atoms in total. The summed E-state index contributed by atoms with van der Waals surface area (Å²) in [6.45, 7) is 3.87. The standard InChI is InChI=1S/C20H20N2O5/c1-3-25-14-8-10-15(11-9-14)26-12-18(23)27-13(2)19-21-17-7-5-4-6-16(17)20(24)22-19/h4-11,13H,3,12H2,1-2H3,(H,21,22,24)/t13-/m0/s1. The summed E-state index contributed by atoms with van der Waals surface area (Å²) in [7, 11) is 0. The lowest BCUT2D eigenvalue weighted by atomic mass is 10.2. The summed E-state index contributed by atoms with van der Waals surface area (Å²) >= 11 is 0. The van der Waals surface area contributed by atoms with Gasteiger partial charge in [0.15, 0.2) is 18.5 Å². The summed E-state index contributed by atoms with van der Waals surface area (Å²) in [6.07, 6.45) is -0.710. The lowest BCUT2D eigenvalue weighted by Gasteiger charge is -2.13. The van der Waals surface area contributed by atoms with Gasteiger partial charge in [0.2, 0.25) is 0 Å². The van der Waals surface area contributed by atoms with Gasteiger partial charge in [-0.3, -0.25) is 4.79 Å². The number of H-pyrrole nitrogens is 1. The average molecular weight is 368 g/mol. The molecule has 0 spiro atoms. The second kappa shape index (κ2) is 8.35. The van der Waals surface area contributed by atoms with E-state index in [9.17, 15) is 9.59 Å². The smallest absolute Gasteiger partial charge is 0.344 e. The van der Waals surface area contributed by atoms with Gasteiger partial charge in [0.05, 0.1) is 17.5 Å². The first kappa shape index (κ1) is 18.4. The average Bonchev–Trinajstić information content (AvgIpc) is 2.67. The number of carbonyl (C=O) groups excluding carboxylic acids is 1. The highest BCUT2D eigenvalue weighted by molar-refractivity contribution is 5.77. The third-order valence-electron chi connectivity index (χ3n) is 3.82. The zero-order valence-electron chi connectivity index (χ0n) is 15.1. The maximum Gasteiger partial charge on any atom is 0.344 e. The normalized spacial score (nSPS) is 11.8. The summed E-state index contributed by atoms with van der Waals surface area (Å²) in [6, 6.07) is 13.9. The molecule has 1 heterocycles. The zero-order valence-corrected chi connectivity index (χ0v) is 15.1. The molecule has 3 rings (SSSR count). The molecule has 0 radical (unpaired) electrons. The monoisotopic (exact) mass is 368 g/mol. The number of hydrogen-bond acceptors (Lipinski definition) is 6. The minimum absolute atomic E-state index is 0.254. The maximum absolute atomic E-state index is 12.1. The van der Waals surface area contributed by atoms with Gasteiger partial charge >= 0.3 is 5.97 Å². The van der Waals surface area contributed by atoms with Crippen LogP contribution in [0.3, 0.4) is 0 Å². The van der Waals surface area contributed by atoms with Crippen LogP contribution < -0.4 is 15.0 Å². The number of esters is 1. The van der Waals surface area contributed by atoms with Gasteiger partial charge in [-0.1, -0.05) is 12.1 Å². The molecule has 27 heavy (non-hydrogen) atoms. The zero-order chi connectivity index (χ0) is 19.2. The first-order chi connectivity index (χ1) is 13.1. The van der Waals surface area contributed by atoms with E-state index in [0.717, 1.165) is 5.75 Å². The third kappa shape index (κ3) is 4.63. The summed E-state index contributed by atoms with van der Waals surface area (Å²) in [5, 5.41) is 0.485. The van der Waals surface area contributed by atoms with Crippen molar-refractivity contribution in [3.63, 3.8) is 0 Å². The van der Waals surface area contributed by atoms with Crippen molar-refractivity contribution < 1.29 is 19.0 Å². The van der Waals surface area contributed by atoms with Crippen LogP contribution in [-0.4, -0.2) is 29.2 Å². The number of rotatable bonds is 7. The van der Waals surface area contributed by atoms with Gasteiger partial charge in [-0.05, 0) is 50.2 Å². The molecule has 0 saturated carbocycles. The predicted octanol–water partition coefficient (Wildman–Crippen LogP) is 3.01. The molecule has 0 saturated heterocycles. The molecule has 3 aromatic rings. The number of benzene rings is 2.